The molecule has 1 aliphatic carbocycles. The number of anilines is 1. The van der Waals surface area contributed by atoms with Crippen LogP contribution in [0.3, 0.4) is 0 Å². The maximum atomic E-state index is 14.6. The van der Waals surface area contributed by atoms with Crippen LogP contribution < -0.4 is 4.90 Å². The lowest BCUT2D eigenvalue weighted by Gasteiger charge is -2.37. The third-order valence-electron chi connectivity index (χ3n) is 8.61. The summed E-state index contributed by atoms with van der Waals surface area (Å²) in [6.45, 7) is 1.94. The second-order valence-electron chi connectivity index (χ2n) is 10.7. The molecule has 1 saturated heterocycles. The molecule has 0 radical (unpaired) electrons. The number of aryl methyl sites for hydroxylation is 1. The molecule has 0 N–H and O–H groups in total. The number of rotatable bonds is 3. The number of hydrogen-bond acceptors (Lipinski definition) is 4. The van der Waals surface area contributed by atoms with Crippen LogP contribution in [0.1, 0.15) is 53.7 Å². The molecule has 6 heteroatoms. The van der Waals surface area contributed by atoms with Crippen molar-refractivity contribution in [2.24, 2.45) is 5.41 Å². The van der Waals surface area contributed by atoms with Gasteiger partial charge in [0, 0.05) is 38.9 Å². The average Bonchev–Trinajstić information content (AvgIpc) is 3.39. The first-order valence-corrected chi connectivity index (χ1v) is 13.5. The minimum atomic E-state index is -1.65. The first kappa shape index (κ1) is 24.7. The summed E-state index contributed by atoms with van der Waals surface area (Å²) in [5.74, 6) is -2.23. The van der Waals surface area contributed by atoms with Crippen molar-refractivity contribution in [2.45, 2.75) is 24.9 Å². The topological polar surface area (TPSA) is 54.5 Å². The van der Waals surface area contributed by atoms with Gasteiger partial charge in [0.25, 0.3) is 0 Å². The van der Waals surface area contributed by atoms with Crippen LogP contribution in [-0.4, -0.2) is 29.4 Å². The fraction of sp³-hybridized carbons (Fsp3) is 0.147. The normalized spacial score (nSPS) is 21.9. The van der Waals surface area contributed by atoms with E-state index >= 15 is 0 Å². The lowest BCUT2D eigenvalue weighted by Crippen LogP contribution is -2.48. The van der Waals surface area contributed by atoms with Crippen molar-refractivity contribution in [1.29, 1.82) is 0 Å². The molecule has 3 aliphatic rings. The summed E-state index contributed by atoms with van der Waals surface area (Å²) in [4.78, 5) is 45.7. The summed E-state index contributed by atoms with van der Waals surface area (Å²) in [6, 6.07) is 23.8. The van der Waals surface area contributed by atoms with Gasteiger partial charge in [0.1, 0.15) is 17.3 Å². The maximum absolute atomic E-state index is 14.6. The quantitative estimate of drug-likeness (QED) is 0.203. The Morgan fingerprint density at radius 2 is 1.52 bits per heavy atom. The third kappa shape index (κ3) is 3.21. The van der Waals surface area contributed by atoms with Crippen molar-refractivity contribution in [2.75, 3.05) is 4.90 Å². The monoisotopic (exact) mass is 547 g/mol. The van der Waals surface area contributed by atoms with Crippen LogP contribution in [0.25, 0.3) is 6.08 Å². The zero-order valence-corrected chi connectivity index (χ0v) is 22.2. The predicted molar refractivity (Wildman–Crippen MR) is 153 cm³/mol. The first-order chi connectivity index (χ1) is 19.3. The molecule has 40 heavy (non-hydrogen) atoms. The van der Waals surface area contributed by atoms with Gasteiger partial charge in [-0.05, 0) is 36.8 Å². The molecule has 1 spiro atoms. The molecular formula is C34H23ClFNO3. The van der Waals surface area contributed by atoms with Crippen LogP contribution >= 0.6 is 11.6 Å². The number of ketones is 3. The summed E-state index contributed by atoms with van der Waals surface area (Å²) >= 11 is 6.81. The fourth-order valence-electron chi connectivity index (χ4n) is 6.91. The Kier molecular flexibility index (Phi) is 5.45. The van der Waals surface area contributed by atoms with E-state index in [2.05, 4.69) is 0 Å². The molecule has 0 amide bonds. The minimum absolute atomic E-state index is 0.242. The van der Waals surface area contributed by atoms with Gasteiger partial charge in [0.2, 0.25) is 0 Å². The highest BCUT2D eigenvalue weighted by Gasteiger charge is 2.71. The van der Waals surface area contributed by atoms with Gasteiger partial charge in [-0.3, -0.25) is 14.4 Å². The molecule has 4 aromatic rings. The molecule has 196 valence electrons. The molecule has 0 bridgehead atoms. The molecule has 2 heterocycles. The number of nitrogens with zero attached hydrogens (tertiary/aromatic N) is 1. The van der Waals surface area contributed by atoms with Gasteiger partial charge >= 0.3 is 0 Å². The van der Waals surface area contributed by atoms with Crippen molar-refractivity contribution in [1.82, 2.24) is 0 Å². The summed E-state index contributed by atoms with van der Waals surface area (Å²) in [5, 5.41) is 0.369. The highest BCUT2D eigenvalue weighted by Crippen LogP contribution is 2.61. The Balaban J connectivity index is 1.56. The SMILES string of the molecule is Cc1ccc(C(=O)[C@@H]2[C@H](c3ccccc3Cl)C3(C(=O)c4ccccc4C3=O)[C@H]3C=Cc4cc(F)ccc4N23)cc1. The molecule has 7 rings (SSSR count). The Morgan fingerprint density at radius 1 is 0.875 bits per heavy atom. The van der Waals surface area contributed by atoms with Gasteiger partial charge in [0.05, 0.1) is 6.04 Å². The standard InChI is InChI=1S/C34H23ClFNO3/c1-19-10-12-20(13-11-19)31(38)30-29(25-8-4-5-9-26(25)35)34(32(39)23-6-2-3-7-24(23)33(34)40)28-17-14-21-18-22(36)15-16-27(21)37(28)30/h2-18,28-30H,1H3/t28-,29+,30+/m1/s1. The van der Waals surface area contributed by atoms with E-state index in [1.54, 1.807) is 78.9 Å². The van der Waals surface area contributed by atoms with Crippen LogP contribution in [0, 0.1) is 18.2 Å². The summed E-state index contributed by atoms with van der Waals surface area (Å²) < 4.78 is 14.3. The van der Waals surface area contributed by atoms with Crippen molar-refractivity contribution in [3.8, 4) is 0 Å². The Morgan fingerprint density at radius 3 is 2.20 bits per heavy atom. The van der Waals surface area contributed by atoms with Crippen molar-refractivity contribution >= 4 is 40.7 Å². The second-order valence-corrected chi connectivity index (χ2v) is 11.1. The average molecular weight is 548 g/mol. The molecular weight excluding hydrogens is 525 g/mol. The molecule has 1 fully saturated rings. The van der Waals surface area contributed by atoms with Gasteiger partial charge in [-0.25, -0.2) is 4.39 Å². The lowest BCUT2D eigenvalue weighted by atomic mass is 9.64. The molecule has 4 aromatic carbocycles. The predicted octanol–water partition coefficient (Wildman–Crippen LogP) is 7.10. The van der Waals surface area contributed by atoms with Gasteiger partial charge in [0.15, 0.2) is 17.3 Å². The zero-order valence-electron chi connectivity index (χ0n) is 21.5. The number of halogens is 2. The Hall–Kier alpha value is -4.35. The van der Waals surface area contributed by atoms with E-state index in [9.17, 15) is 18.8 Å². The van der Waals surface area contributed by atoms with E-state index in [-0.39, 0.29) is 17.3 Å². The van der Waals surface area contributed by atoms with Crippen LogP contribution in [0.4, 0.5) is 10.1 Å². The van der Waals surface area contributed by atoms with E-state index in [4.69, 9.17) is 11.6 Å². The number of carbonyl (C=O) groups is 3. The number of Topliss-reactive ketones (excluding diaryl/α,β-unsaturated/α-hetero) is 3. The van der Waals surface area contributed by atoms with Crippen LogP contribution in [-0.2, 0) is 0 Å². The summed E-state index contributed by atoms with van der Waals surface area (Å²) in [6.07, 6.45) is 3.52. The molecule has 4 nitrogen and oxygen atoms in total. The zero-order chi connectivity index (χ0) is 27.8. The lowest BCUT2D eigenvalue weighted by molar-refractivity contribution is 0.0666. The second kappa shape index (κ2) is 8.83. The van der Waals surface area contributed by atoms with Gasteiger partial charge in [-0.2, -0.15) is 0 Å². The molecule has 0 aromatic heterocycles. The highest BCUT2D eigenvalue weighted by molar-refractivity contribution is 6.34. The van der Waals surface area contributed by atoms with Crippen LogP contribution in [0.15, 0.2) is 97.1 Å². The number of carbonyl (C=O) groups excluding carboxylic acids is 3. The third-order valence-corrected chi connectivity index (χ3v) is 8.95. The Labute approximate surface area is 235 Å². The van der Waals surface area contributed by atoms with Gasteiger partial charge < -0.3 is 4.90 Å². The number of hydrogen-bond donors (Lipinski definition) is 0. The van der Waals surface area contributed by atoms with Crippen molar-refractivity contribution in [3.05, 3.63) is 141 Å². The van der Waals surface area contributed by atoms with E-state index in [0.717, 1.165) is 5.56 Å². The van der Waals surface area contributed by atoms with Crippen molar-refractivity contribution < 1.29 is 18.8 Å². The van der Waals surface area contributed by atoms with Gasteiger partial charge in [-0.15, -0.1) is 0 Å². The highest BCUT2D eigenvalue weighted by atomic mass is 35.5. The Bertz CT molecular complexity index is 1740. The van der Waals surface area contributed by atoms with Crippen LogP contribution in [0.5, 0.6) is 0 Å². The molecule has 0 unspecified atom stereocenters. The maximum Gasteiger partial charge on any atom is 0.185 e. The van der Waals surface area contributed by atoms with E-state index in [0.29, 0.717) is 38.5 Å². The number of benzene rings is 4. The van der Waals surface area contributed by atoms with E-state index in [1.807, 2.05) is 24.0 Å². The summed E-state index contributed by atoms with van der Waals surface area (Å²) in [7, 11) is 0. The fourth-order valence-corrected chi connectivity index (χ4v) is 7.16. The molecule has 3 atom stereocenters. The van der Waals surface area contributed by atoms with Gasteiger partial charge in [-0.1, -0.05) is 96.0 Å². The largest absolute Gasteiger partial charge is 0.352 e. The van der Waals surface area contributed by atoms with Crippen molar-refractivity contribution in [3.63, 3.8) is 0 Å². The first-order valence-electron chi connectivity index (χ1n) is 13.1. The van der Waals surface area contributed by atoms with Crippen LogP contribution in [0.2, 0.25) is 5.02 Å². The summed E-state index contributed by atoms with van der Waals surface area (Å²) in [5.41, 5.74) is 2.19. The minimum Gasteiger partial charge on any atom is -0.352 e. The smallest absolute Gasteiger partial charge is 0.185 e. The molecule has 0 saturated carbocycles. The molecule has 2 aliphatic heterocycles. The van der Waals surface area contributed by atoms with E-state index in [1.165, 1.54) is 12.1 Å². The van der Waals surface area contributed by atoms with E-state index < -0.39 is 29.2 Å². The number of fused-ring (bicyclic) bond motifs is 5.